The number of benzene rings is 2. The number of carbonyl (C=O) groups is 1. The number of rotatable bonds is 7. The number of hydrogen-bond donors (Lipinski definition) is 1. The molecule has 0 aromatic heterocycles. The maximum Gasteiger partial charge on any atom is 0.348 e. The first-order valence-corrected chi connectivity index (χ1v) is 8.61. The van der Waals surface area contributed by atoms with Crippen LogP contribution < -0.4 is 10.1 Å². The third kappa shape index (κ3) is 5.91. The molecule has 0 heterocycles. The molecule has 0 saturated heterocycles. The molecule has 27 heavy (non-hydrogen) atoms. The van der Waals surface area contributed by atoms with E-state index in [9.17, 15) is 10.1 Å². The molecule has 2 aromatic rings. The van der Waals surface area contributed by atoms with Crippen molar-refractivity contribution in [3.8, 4) is 11.8 Å². The Bertz CT molecular complexity index is 879. The number of nitrogens with one attached hydrogen (secondary N) is 1. The molecule has 0 unspecified atom stereocenters. The molecule has 0 aliphatic rings. The van der Waals surface area contributed by atoms with Crippen LogP contribution in [0, 0.1) is 11.3 Å². The molecule has 0 spiro atoms. The van der Waals surface area contributed by atoms with Crippen molar-refractivity contribution in [2.75, 3.05) is 19.0 Å². The van der Waals surface area contributed by atoms with E-state index in [1.54, 1.807) is 32.2 Å². The molecule has 0 aliphatic carbocycles. The van der Waals surface area contributed by atoms with Crippen LogP contribution >= 0.6 is 11.6 Å². The Morgan fingerprint density at radius 3 is 2.37 bits per heavy atom. The maximum atomic E-state index is 11.8. The quantitative estimate of drug-likeness (QED) is 0.322. The topological polar surface area (TPSA) is 71.4 Å². The summed E-state index contributed by atoms with van der Waals surface area (Å²) in [6, 6.07) is 16.5. The summed E-state index contributed by atoms with van der Waals surface area (Å²) in [5, 5.41) is 13.1. The number of nitriles is 1. The summed E-state index contributed by atoms with van der Waals surface area (Å²) in [6.45, 7) is 1.89. The zero-order valence-electron chi connectivity index (χ0n) is 15.0. The zero-order valence-corrected chi connectivity index (χ0v) is 15.8. The number of ether oxygens (including phenoxy) is 2. The summed E-state index contributed by atoms with van der Waals surface area (Å²) in [5.74, 6) is 0.0858. The van der Waals surface area contributed by atoms with Gasteiger partial charge in [0, 0.05) is 16.4 Å². The Morgan fingerprint density at radius 2 is 1.81 bits per heavy atom. The van der Waals surface area contributed by atoms with Crippen molar-refractivity contribution in [3.63, 3.8) is 0 Å². The lowest BCUT2D eigenvalue weighted by atomic mass is 10.1. The van der Waals surface area contributed by atoms with Gasteiger partial charge in [-0.1, -0.05) is 23.7 Å². The van der Waals surface area contributed by atoms with E-state index in [4.69, 9.17) is 21.1 Å². The number of nitrogens with zero attached hydrogens (tertiary/aromatic N) is 1. The van der Waals surface area contributed by atoms with E-state index in [1.807, 2.05) is 42.5 Å². The molecule has 0 bridgehead atoms. The number of methoxy groups -OCH3 is 1. The fourth-order valence-electron chi connectivity index (χ4n) is 2.20. The van der Waals surface area contributed by atoms with Gasteiger partial charge in [-0.3, -0.25) is 0 Å². The predicted molar refractivity (Wildman–Crippen MR) is 106 cm³/mol. The highest BCUT2D eigenvalue weighted by atomic mass is 35.5. The van der Waals surface area contributed by atoms with Gasteiger partial charge in [0.15, 0.2) is 0 Å². The van der Waals surface area contributed by atoms with Crippen molar-refractivity contribution in [1.82, 2.24) is 0 Å². The third-order valence-corrected chi connectivity index (χ3v) is 3.81. The van der Waals surface area contributed by atoms with Gasteiger partial charge in [-0.2, -0.15) is 5.26 Å². The van der Waals surface area contributed by atoms with Gasteiger partial charge < -0.3 is 14.8 Å². The molecule has 0 radical (unpaired) electrons. The van der Waals surface area contributed by atoms with Crippen molar-refractivity contribution in [2.45, 2.75) is 6.92 Å². The smallest absolute Gasteiger partial charge is 0.348 e. The molecule has 6 heteroatoms. The maximum absolute atomic E-state index is 11.8. The van der Waals surface area contributed by atoms with Crippen LogP contribution in [0.15, 0.2) is 66.3 Å². The van der Waals surface area contributed by atoms with E-state index in [2.05, 4.69) is 5.32 Å². The number of halogens is 1. The zero-order chi connectivity index (χ0) is 19.6. The Hall–Kier alpha value is -3.23. The van der Waals surface area contributed by atoms with Gasteiger partial charge in [0.25, 0.3) is 0 Å². The Kier molecular flexibility index (Phi) is 7.48. The first-order chi connectivity index (χ1) is 13.1. The van der Waals surface area contributed by atoms with Crippen LogP contribution in [0.3, 0.4) is 0 Å². The van der Waals surface area contributed by atoms with E-state index >= 15 is 0 Å². The third-order valence-electron chi connectivity index (χ3n) is 3.56. The average molecular weight is 383 g/mol. The van der Waals surface area contributed by atoms with Crippen LogP contribution in [0.25, 0.3) is 5.70 Å². The van der Waals surface area contributed by atoms with Crippen LogP contribution in [-0.4, -0.2) is 19.7 Å². The summed E-state index contributed by atoms with van der Waals surface area (Å²) in [4.78, 5) is 11.8. The van der Waals surface area contributed by atoms with Gasteiger partial charge in [-0.05, 0) is 61.0 Å². The van der Waals surface area contributed by atoms with Gasteiger partial charge in [-0.25, -0.2) is 4.79 Å². The average Bonchev–Trinajstić information content (AvgIpc) is 2.69. The Balaban J connectivity index is 2.37. The molecule has 0 amide bonds. The van der Waals surface area contributed by atoms with E-state index in [0.717, 1.165) is 17.0 Å². The number of esters is 1. The molecule has 138 valence electrons. The van der Waals surface area contributed by atoms with Crippen LogP contribution in [-0.2, 0) is 9.53 Å². The monoisotopic (exact) mass is 382 g/mol. The van der Waals surface area contributed by atoms with Crippen LogP contribution in [0.4, 0.5) is 5.69 Å². The minimum absolute atomic E-state index is 0.0835. The summed E-state index contributed by atoms with van der Waals surface area (Å²) in [6.07, 6.45) is 3.08. The molecule has 2 rings (SSSR count). The lowest BCUT2D eigenvalue weighted by Crippen LogP contribution is -2.06. The summed E-state index contributed by atoms with van der Waals surface area (Å²) < 4.78 is 10.0. The predicted octanol–water partition coefficient (Wildman–Crippen LogP) is 4.81. The fourth-order valence-corrected chi connectivity index (χ4v) is 2.32. The van der Waals surface area contributed by atoms with E-state index in [0.29, 0.717) is 10.7 Å². The first-order valence-electron chi connectivity index (χ1n) is 8.23. The largest absolute Gasteiger partial charge is 0.497 e. The van der Waals surface area contributed by atoms with Crippen LogP contribution in [0.2, 0.25) is 5.02 Å². The van der Waals surface area contributed by atoms with Crippen molar-refractivity contribution >= 4 is 29.0 Å². The van der Waals surface area contributed by atoms with Crippen LogP contribution in [0.5, 0.6) is 5.75 Å². The molecule has 1 N–H and O–H groups in total. The first kappa shape index (κ1) is 20.1. The second-order valence-electron chi connectivity index (χ2n) is 5.35. The molecule has 5 nitrogen and oxygen atoms in total. The fraction of sp³-hybridized carbons (Fsp3) is 0.143. The number of allylic oxidation sites excluding steroid dienone is 2. The minimum atomic E-state index is -0.656. The van der Waals surface area contributed by atoms with Crippen molar-refractivity contribution < 1.29 is 14.3 Å². The normalized spacial score (nSPS) is 11.5. The minimum Gasteiger partial charge on any atom is -0.497 e. The highest BCUT2D eigenvalue weighted by Crippen LogP contribution is 2.23. The Labute approximate surface area is 163 Å². The SMILES string of the molecule is CCOC(=O)/C(C#N)=C/C=C(\Nc1ccc(OC)cc1)c1ccc(Cl)cc1. The molecule has 0 saturated carbocycles. The summed E-state index contributed by atoms with van der Waals surface area (Å²) >= 11 is 5.97. The van der Waals surface area contributed by atoms with Crippen molar-refractivity contribution in [2.24, 2.45) is 0 Å². The van der Waals surface area contributed by atoms with Crippen LogP contribution in [0.1, 0.15) is 12.5 Å². The van der Waals surface area contributed by atoms with Gasteiger partial charge in [-0.15, -0.1) is 0 Å². The second-order valence-corrected chi connectivity index (χ2v) is 5.79. The molecular formula is C21H19ClN2O3. The molecule has 0 atom stereocenters. The molecule has 2 aromatic carbocycles. The second kappa shape index (κ2) is 10.0. The molecule has 0 aliphatic heterocycles. The van der Waals surface area contributed by atoms with Gasteiger partial charge >= 0.3 is 5.97 Å². The van der Waals surface area contributed by atoms with Gasteiger partial charge in [0.05, 0.1) is 13.7 Å². The van der Waals surface area contributed by atoms with E-state index in [-0.39, 0.29) is 12.2 Å². The molecular weight excluding hydrogens is 364 g/mol. The molecule has 0 fully saturated rings. The van der Waals surface area contributed by atoms with Gasteiger partial charge in [0.2, 0.25) is 0 Å². The van der Waals surface area contributed by atoms with E-state index in [1.165, 1.54) is 6.08 Å². The number of anilines is 1. The van der Waals surface area contributed by atoms with Crippen molar-refractivity contribution in [3.05, 3.63) is 76.8 Å². The standard InChI is InChI=1S/C21H19ClN2O3/c1-3-27-21(25)16(14-23)6-13-20(15-4-7-17(22)8-5-15)24-18-9-11-19(26-2)12-10-18/h4-13,24H,3H2,1-2H3/b16-6+,20-13-. The summed E-state index contributed by atoms with van der Waals surface area (Å²) in [5.41, 5.74) is 2.27. The highest BCUT2D eigenvalue weighted by molar-refractivity contribution is 6.30. The number of carbonyl (C=O) groups excluding carboxylic acids is 1. The van der Waals surface area contributed by atoms with Gasteiger partial charge in [0.1, 0.15) is 17.4 Å². The number of hydrogen-bond acceptors (Lipinski definition) is 5. The van der Waals surface area contributed by atoms with E-state index < -0.39 is 5.97 Å². The lowest BCUT2D eigenvalue weighted by Gasteiger charge is -2.12. The lowest BCUT2D eigenvalue weighted by molar-refractivity contribution is -0.138. The van der Waals surface area contributed by atoms with Crippen molar-refractivity contribution in [1.29, 1.82) is 5.26 Å². The highest BCUT2D eigenvalue weighted by Gasteiger charge is 2.09. The Morgan fingerprint density at radius 1 is 1.15 bits per heavy atom. The summed E-state index contributed by atoms with van der Waals surface area (Å²) in [7, 11) is 1.60.